The summed E-state index contributed by atoms with van der Waals surface area (Å²) in [6, 6.07) is 8.01. The van der Waals surface area contributed by atoms with Gasteiger partial charge in [-0.25, -0.2) is 0 Å². The second-order valence-corrected chi connectivity index (χ2v) is 6.50. The van der Waals surface area contributed by atoms with Gasteiger partial charge in [-0.1, -0.05) is 58.0 Å². The molecule has 0 unspecified atom stereocenters. The van der Waals surface area contributed by atoms with Gasteiger partial charge in [0.1, 0.15) is 18.7 Å². The van der Waals surface area contributed by atoms with Gasteiger partial charge in [-0.05, 0) is 23.8 Å². The van der Waals surface area contributed by atoms with Crippen LogP contribution in [0.25, 0.3) is 0 Å². The van der Waals surface area contributed by atoms with E-state index in [1.54, 1.807) is 0 Å². The maximum absolute atomic E-state index is 12.3. The summed E-state index contributed by atoms with van der Waals surface area (Å²) in [7, 11) is 0. The smallest absolute Gasteiger partial charge is 0.323 e. The fourth-order valence-electron chi connectivity index (χ4n) is 2.28. The number of carboxylic acid groups (broad SMARTS) is 1. The summed E-state index contributed by atoms with van der Waals surface area (Å²) < 4.78 is 5.34. The molecular formula is C18H27NO4. The highest BCUT2D eigenvalue weighted by Crippen LogP contribution is 2.12. The van der Waals surface area contributed by atoms with Crippen molar-refractivity contribution in [2.24, 2.45) is 11.8 Å². The SMILES string of the molecule is CC(C)C[C@H](N[C@@H](C(=O)OCc1ccccc1)C(C)C)C(=O)O. The Bertz CT molecular complexity index is 499. The van der Waals surface area contributed by atoms with Crippen molar-refractivity contribution in [3.63, 3.8) is 0 Å². The van der Waals surface area contributed by atoms with Crippen LogP contribution >= 0.6 is 0 Å². The van der Waals surface area contributed by atoms with E-state index >= 15 is 0 Å². The molecule has 1 rings (SSSR count). The minimum absolute atomic E-state index is 0.0627. The second kappa shape index (κ2) is 9.30. The number of hydrogen-bond donors (Lipinski definition) is 2. The molecule has 23 heavy (non-hydrogen) atoms. The van der Waals surface area contributed by atoms with E-state index in [-0.39, 0.29) is 18.4 Å². The van der Waals surface area contributed by atoms with Gasteiger partial charge in [0.2, 0.25) is 0 Å². The molecular weight excluding hydrogens is 294 g/mol. The molecule has 0 amide bonds. The summed E-state index contributed by atoms with van der Waals surface area (Å²) in [5, 5.41) is 12.3. The summed E-state index contributed by atoms with van der Waals surface area (Å²) in [5.41, 5.74) is 0.903. The molecule has 0 saturated heterocycles. The maximum atomic E-state index is 12.3. The van der Waals surface area contributed by atoms with E-state index in [2.05, 4.69) is 5.32 Å². The monoisotopic (exact) mass is 321 g/mol. The molecule has 0 aromatic heterocycles. The van der Waals surface area contributed by atoms with Crippen molar-refractivity contribution in [2.45, 2.75) is 52.8 Å². The predicted molar refractivity (Wildman–Crippen MR) is 88.9 cm³/mol. The average molecular weight is 321 g/mol. The molecule has 5 nitrogen and oxygen atoms in total. The standard InChI is InChI=1S/C18H27NO4/c1-12(2)10-15(17(20)21)19-16(13(3)4)18(22)23-11-14-8-6-5-7-9-14/h5-9,12-13,15-16,19H,10-11H2,1-4H3,(H,20,21)/t15-,16+/m0/s1. The quantitative estimate of drug-likeness (QED) is 0.684. The Kier molecular flexibility index (Phi) is 7.75. The third kappa shape index (κ3) is 6.82. The van der Waals surface area contributed by atoms with Crippen LogP contribution in [0, 0.1) is 11.8 Å². The third-order valence-electron chi connectivity index (χ3n) is 3.53. The average Bonchev–Trinajstić information content (AvgIpc) is 2.49. The number of hydrogen-bond acceptors (Lipinski definition) is 4. The van der Waals surface area contributed by atoms with Gasteiger partial charge in [0, 0.05) is 0 Å². The third-order valence-corrected chi connectivity index (χ3v) is 3.53. The highest BCUT2D eigenvalue weighted by Gasteiger charge is 2.30. The van der Waals surface area contributed by atoms with Gasteiger partial charge < -0.3 is 9.84 Å². The van der Waals surface area contributed by atoms with E-state index in [1.807, 2.05) is 58.0 Å². The number of esters is 1. The number of rotatable bonds is 9. The van der Waals surface area contributed by atoms with E-state index in [1.165, 1.54) is 0 Å². The first-order chi connectivity index (χ1) is 10.8. The molecule has 0 aliphatic carbocycles. The first-order valence-electron chi connectivity index (χ1n) is 8.00. The molecule has 128 valence electrons. The zero-order valence-electron chi connectivity index (χ0n) is 14.3. The molecule has 0 spiro atoms. The van der Waals surface area contributed by atoms with Crippen LogP contribution in [-0.4, -0.2) is 29.1 Å². The molecule has 5 heteroatoms. The van der Waals surface area contributed by atoms with Crippen LogP contribution in [0.4, 0.5) is 0 Å². The largest absolute Gasteiger partial charge is 0.480 e. The number of aliphatic carboxylic acids is 1. The molecule has 0 saturated carbocycles. The molecule has 0 aliphatic heterocycles. The minimum atomic E-state index is -0.944. The number of ether oxygens (including phenoxy) is 1. The van der Waals surface area contributed by atoms with Crippen LogP contribution in [0.5, 0.6) is 0 Å². The van der Waals surface area contributed by atoms with Gasteiger partial charge in [-0.3, -0.25) is 14.9 Å². The zero-order chi connectivity index (χ0) is 17.4. The fourth-order valence-corrected chi connectivity index (χ4v) is 2.28. The molecule has 2 N–H and O–H groups in total. The van der Waals surface area contributed by atoms with E-state index < -0.39 is 24.0 Å². The lowest BCUT2D eigenvalue weighted by Gasteiger charge is -2.25. The van der Waals surface area contributed by atoms with Gasteiger partial charge in [0.25, 0.3) is 0 Å². The Morgan fingerprint density at radius 1 is 1.13 bits per heavy atom. The Hall–Kier alpha value is -1.88. The van der Waals surface area contributed by atoms with E-state index in [0.717, 1.165) is 5.56 Å². The van der Waals surface area contributed by atoms with Crippen LogP contribution in [-0.2, 0) is 20.9 Å². The van der Waals surface area contributed by atoms with E-state index in [4.69, 9.17) is 4.74 Å². The van der Waals surface area contributed by atoms with Crippen molar-refractivity contribution < 1.29 is 19.4 Å². The van der Waals surface area contributed by atoms with Gasteiger partial charge in [-0.15, -0.1) is 0 Å². The van der Waals surface area contributed by atoms with Crippen molar-refractivity contribution in [3.05, 3.63) is 35.9 Å². The molecule has 1 aromatic carbocycles. The first-order valence-corrected chi connectivity index (χ1v) is 8.00. The topological polar surface area (TPSA) is 75.6 Å². The Morgan fingerprint density at radius 2 is 1.74 bits per heavy atom. The van der Waals surface area contributed by atoms with Crippen LogP contribution in [0.1, 0.15) is 39.7 Å². The lowest BCUT2D eigenvalue weighted by atomic mass is 9.99. The Balaban J connectivity index is 2.68. The van der Waals surface area contributed by atoms with Gasteiger partial charge in [0.05, 0.1) is 0 Å². The summed E-state index contributed by atoms with van der Waals surface area (Å²) in [6.07, 6.45) is 0.463. The van der Waals surface area contributed by atoms with Crippen LogP contribution in [0.3, 0.4) is 0 Å². The molecule has 2 atom stereocenters. The Labute approximate surface area is 138 Å². The summed E-state index contributed by atoms with van der Waals surface area (Å²) in [6.45, 7) is 7.84. The molecule has 0 bridgehead atoms. The lowest BCUT2D eigenvalue weighted by molar-refractivity contribution is -0.150. The fraction of sp³-hybridized carbons (Fsp3) is 0.556. The number of carboxylic acids is 1. The van der Waals surface area contributed by atoms with Gasteiger partial charge in [-0.2, -0.15) is 0 Å². The highest BCUT2D eigenvalue weighted by molar-refractivity contribution is 5.79. The van der Waals surface area contributed by atoms with Crippen LogP contribution in [0.2, 0.25) is 0 Å². The zero-order valence-corrected chi connectivity index (χ0v) is 14.3. The minimum Gasteiger partial charge on any atom is -0.480 e. The summed E-state index contributed by atoms with van der Waals surface area (Å²) in [5.74, 6) is -1.21. The van der Waals surface area contributed by atoms with Crippen LogP contribution < -0.4 is 5.32 Å². The van der Waals surface area contributed by atoms with E-state index in [9.17, 15) is 14.7 Å². The number of benzene rings is 1. The van der Waals surface area contributed by atoms with Crippen LogP contribution in [0.15, 0.2) is 30.3 Å². The summed E-state index contributed by atoms with van der Waals surface area (Å²) >= 11 is 0. The van der Waals surface area contributed by atoms with Crippen molar-refractivity contribution in [3.8, 4) is 0 Å². The van der Waals surface area contributed by atoms with Gasteiger partial charge >= 0.3 is 11.9 Å². The molecule has 0 heterocycles. The van der Waals surface area contributed by atoms with Crippen molar-refractivity contribution >= 4 is 11.9 Å². The molecule has 0 fully saturated rings. The predicted octanol–water partition coefficient (Wildman–Crippen LogP) is 2.84. The molecule has 0 aliphatic rings. The molecule has 1 aromatic rings. The van der Waals surface area contributed by atoms with Crippen molar-refractivity contribution in [1.29, 1.82) is 0 Å². The first kappa shape index (κ1) is 19.2. The van der Waals surface area contributed by atoms with E-state index in [0.29, 0.717) is 6.42 Å². The maximum Gasteiger partial charge on any atom is 0.323 e. The number of carbonyl (C=O) groups is 2. The normalized spacial score (nSPS) is 13.8. The highest BCUT2D eigenvalue weighted by atomic mass is 16.5. The van der Waals surface area contributed by atoms with Crippen molar-refractivity contribution in [1.82, 2.24) is 5.32 Å². The lowest BCUT2D eigenvalue weighted by Crippen LogP contribution is -2.50. The number of nitrogens with one attached hydrogen (secondary N) is 1. The summed E-state index contributed by atoms with van der Waals surface area (Å²) in [4.78, 5) is 23.7. The van der Waals surface area contributed by atoms with Gasteiger partial charge in [0.15, 0.2) is 0 Å². The van der Waals surface area contributed by atoms with Crippen molar-refractivity contribution in [2.75, 3.05) is 0 Å². The Morgan fingerprint density at radius 3 is 2.22 bits per heavy atom. The molecule has 0 radical (unpaired) electrons. The number of carbonyl (C=O) groups excluding carboxylic acids is 1. The second-order valence-electron chi connectivity index (χ2n) is 6.50.